The van der Waals surface area contributed by atoms with Gasteiger partial charge < -0.3 is 4.90 Å². The first-order chi connectivity index (χ1) is 10.2. The van der Waals surface area contributed by atoms with Crippen LogP contribution in [0.5, 0.6) is 0 Å². The quantitative estimate of drug-likeness (QED) is 0.425. The molecular formula is C14H28F3NO3S. The van der Waals surface area contributed by atoms with Crippen molar-refractivity contribution in [1.82, 2.24) is 4.90 Å². The molecule has 0 bridgehead atoms. The normalized spacial score (nSPS) is 17.0. The van der Waals surface area contributed by atoms with Crippen molar-refractivity contribution in [2.45, 2.75) is 70.2 Å². The maximum atomic E-state index is 10.7. The molecule has 8 heteroatoms. The summed E-state index contributed by atoms with van der Waals surface area (Å²) in [5, 5.41) is 0. The van der Waals surface area contributed by atoms with Gasteiger partial charge in [0, 0.05) is 0 Å². The van der Waals surface area contributed by atoms with Gasteiger partial charge in [0.25, 0.3) is 0 Å². The zero-order valence-electron chi connectivity index (χ0n) is 13.2. The van der Waals surface area contributed by atoms with Crippen molar-refractivity contribution in [2.24, 2.45) is 0 Å². The van der Waals surface area contributed by atoms with E-state index in [0.717, 1.165) is 0 Å². The second kappa shape index (κ2) is 11.2. The highest BCUT2D eigenvalue weighted by molar-refractivity contribution is 7.86. The first-order valence-electron chi connectivity index (χ1n) is 7.94. The summed E-state index contributed by atoms with van der Waals surface area (Å²) in [4.78, 5) is 2.66. The van der Waals surface area contributed by atoms with E-state index in [1.807, 2.05) is 0 Å². The lowest BCUT2D eigenvalue weighted by Gasteiger charge is -2.26. The van der Waals surface area contributed by atoms with Crippen molar-refractivity contribution in [1.29, 1.82) is 0 Å². The Kier molecular flexibility index (Phi) is 11.1. The van der Waals surface area contributed by atoms with Gasteiger partial charge in [-0.15, -0.1) is 0 Å². The summed E-state index contributed by atoms with van der Waals surface area (Å²) in [7, 11) is -5.84. The van der Waals surface area contributed by atoms with E-state index in [1.165, 1.54) is 77.4 Å². The van der Waals surface area contributed by atoms with E-state index in [1.54, 1.807) is 0 Å². The first-order valence-corrected chi connectivity index (χ1v) is 9.38. The summed E-state index contributed by atoms with van der Waals surface area (Å²) in [5.41, 5.74) is -5.53. The Morgan fingerprint density at radius 2 is 1.41 bits per heavy atom. The first kappa shape index (κ1) is 21.7. The van der Waals surface area contributed by atoms with Gasteiger partial charge in [0.2, 0.25) is 0 Å². The molecule has 0 aromatic carbocycles. The molecule has 1 aliphatic heterocycles. The van der Waals surface area contributed by atoms with Gasteiger partial charge in [-0.25, -0.2) is 0 Å². The summed E-state index contributed by atoms with van der Waals surface area (Å²) in [6, 6.07) is 0. The number of piperidine rings is 1. The van der Waals surface area contributed by atoms with Crippen molar-refractivity contribution in [3.05, 3.63) is 0 Å². The fraction of sp³-hybridized carbons (Fsp3) is 1.00. The van der Waals surface area contributed by atoms with E-state index in [2.05, 4.69) is 11.8 Å². The van der Waals surface area contributed by atoms with Crippen molar-refractivity contribution in [3.63, 3.8) is 0 Å². The van der Waals surface area contributed by atoms with E-state index in [4.69, 9.17) is 13.0 Å². The zero-order chi connectivity index (χ0) is 17.1. The Labute approximate surface area is 131 Å². The molecule has 1 saturated heterocycles. The molecular weight excluding hydrogens is 319 g/mol. The van der Waals surface area contributed by atoms with Crippen LogP contribution in [0.25, 0.3) is 0 Å². The van der Waals surface area contributed by atoms with Crippen LogP contribution in [0.15, 0.2) is 0 Å². The van der Waals surface area contributed by atoms with Crippen LogP contribution in [-0.2, 0) is 10.1 Å². The topological polar surface area (TPSA) is 57.6 Å². The Balaban J connectivity index is 0.000000472. The summed E-state index contributed by atoms with van der Waals surface area (Å²) >= 11 is 0. The number of unbranched alkanes of at least 4 members (excludes halogenated alkanes) is 5. The van der Waals surface area contributed by atoms with Crippen LogP contribution in [0.1, 0.15) is 64.7 Å². The van der Waals surface area contributed by atoms with E-state index in [-0.39, 0.29) is 0 Å². The number of alkyl halides is 3. The van der Waals surface area contributed by atoms with Crippen molar-refractivity contribution in [2.75, 3.05) is 19.6 Å². The predicted octanol–water partition coefficient (Wildman–Crippen LogP) is 4.23. The number of rotatable bonds is 7. The monoisotopic (exact) mass is 347 g/mol. The average Bonchev–Trinajstić information content (AvgIpc) is 2.42. The predicted molar refractivity (Wildman–Crippen MR) is 81.3 cm³/mol. The van der Waals surface area contributed by atoms with E-state index >= 15 is 0 Å². The van der Waals surface area contributed by atoms with Gasteiger partial charge in [0.15, 0.2) is 0 Å². The Bertz CT molecular complexity index is 366. The molecule has 0 unspecified atom stereocenters. The zero-order valence-corrected chi connectivity index (χ0v) is 14.1. The second-order valence-corrected chi connectivity index (χ2v) is 7.00. The van der Waals surface area contributed by atoms with Gasteiger partial charge in [-0.05, 0) is 38.9 Å². The average molecular weight is 347 g/mol. The molecule has 0 aromatic rings. The highest BCUT2D eigenvalue weighted by Crippen LogP contribution is 2.20. The Morgan fingerprint density at radius 3 is 1.86 bits per heavy atom. The van der Waals surface area contributed by atoms with Crippen LogP contribution >= 0.6 is 0 Å². The highest BCUT2D eigenvalue weighted by Gasteiger charge is 2.44. The minimum absolute atomic E-state index is 1.37. The van der Waals surface area contributed by atoms with E-state index < -0.39 is 15.6 Å². The van der Waals surface area contributed by atoms with Gasteiger partial charge in [-0.1, -0.05) is 45.4 Å². The molecule has 1 fully saturated rings. The maximum Gasteiger partial charge on any atom is 0.522 e. The summed E-state index contributed by atoms with van der Waals surface area (Å²) < 4.78 is 57.5. The lowest BCUT2D eigenvalue weighted by molar-refractivity contribution is -0.0510. The van der Waals surface area contributed by atoms with Gasteiger partial charge in [0.05, 0.1) is 0 Å². The van der Waals surface area contributed by atoms with Crippen molar-refractivity contribution in [3.8, 4) is 0 Å². The second-order valence-electron chi connectivity index (χ2n) is 5.59. The third-order valence-electron chi connectivity index (χ3n) is 3.57. The smallest absolute Gasteiger partial charge is 0.303 e. The SMILES string of the molecule is CCCCCCCCN1CCCCC1.O=S(=O)(O)C(F)(F)F. The molecule has 1 aliphatic rings. The van der Waals surface area contributed by atoms with Gasteiger partial charge in [-0.3, -0.25) is 4.55 Å². The summed E-state index contributed by atoms with van der Waals surface area (Å²) in [5.74, 6) is 0. The molecule has 0 aliphatic carbocycles. The van der Waals surface area contributed by atoms with Gasteiger partial charge in [0.1, 0.15) is 0 Å². The Morgan fingerprint density at radius 1 is 0.955 bits per heavy atom. The van der Waals surface area contributed by atoms with Crippen LogP contribution in [0.2, 0.25) is 0 Å². The summed E-state index contributed by atoms with van der Waals surface area (Å²) in [6.07, 6.45) is 13.0. The third-order valence-corrected chi connectivity index (χ3v) is 4.15. The van der Waals surface area contributed by atoms with Crippen molar-refractivity contribution >= 4 is 10.1 Å². The van der Waals surface area contributed by atoms with Gasteiger partial charge in [-0.2, -0.15) is 21.6 Å². The number of halogens is 3. The minimum atomic E-state index is -5.84. The summed E-state index contributed by atoms with van der Waals surface area (Å²) in [6.45, 7) is 6.39. The molecule has 4 nitrogen and oxygen atoms in total. The fourth-order valence-corrected chi connectivity index (χ4v) is 2.30. The van der Waals surface area contributed by atoms with Gasteiger partial charge >= 0.3 is 15.6 Å². The molecule has 0 amide bonds. The molecule has 22 heavy (non-hydrogen) atoms. The van der Waals surface area contributed by atoms with Crippen LogP contribution in [0, 0.1) is 0 Å². The molecule has 1 rings (SSSR count). The van der Waals surface area contributed by atoms with Crippen LogP contribution in [-0.4, -0.2) is 43.0 Å². The van der Waals surface area contributed by atoms with E-state index in [9.17, 15) is 13.2 Å². The van der Waals surface area contributed by atoms with Crippen LogP contribution in [0.3, 0.4) is 0 Å². The third kappa shape index (κ3) is 11.3. The standard InChI is InChI=1S/C13H27N.CHF3O3S/c1-2-3-4-5-6-8-11-14-12-9-7-10-13-14;2-1(3,4)8(5,6)7/h2-13H2,1H3;(H,5,6,7). The lowest BCUT2D eigenvalue weighted by atomic mass is 10.1. The molecule has 0 atom stereocenters. The molecule has 134 valence electrons. The maximum absolute atomic E-state index is 10.7. The minimum Gasteiger partial charge on any atom is -0.303 e. The van der Waals surface area contributed by atoms with Crippen LogP contribution < -0.4 is 0 Å². The lowest BCUT2D eigenvalue weighted by Crippen LogP contribution is -2.30. The van der Waals surface area contributed by atoms with E-state index in [0.29, 0.717) is 0 Å². The molecule has 1 N–H and O–H groups in total. The largest absolute Gasteiger partial charge is 0.522 e. The van der Waals surface area contributed by atoms with Crippen LogP contribution in [0.4, 0.5) is 13.2 Å². The molecule has 0 saturated carbocycles. The molecule has 1 heterocycles. The fourth-order valence-electron chi connectivity index (χ4n) is 2.30. The number of hydrogen-bond acceptors (Lipinski definition) is 3. The molecule has 0 spiro atoms. The van der Waals surface area contributed by atoms with Crippen molar-refractivity contribution < 1.29 is 26.1 Å². The Hall–Kier alpha value is -0.340. The number of likely N-dealkylation sites (tertiary alicyclic amines) is 1. The number of nitrogens with zero attached hydrogens (tertiary/aromatic N) is 1. The molecule has 0 radical (unpaired) electrons. The molecule has 0 aromatic heterocycles. The number of hydrogen-bond donors (Lipinski definition) is 1. The highest BCUT2D eigenvalue weighted by atomic mass is 32.2.